The van der Waals surface area contributed by atoms with E-state index in [-0.39, 0.29) is 36.6 Å². The topological polar surface area (TPSA) is 73.0 Å². The number of halogens is 1. The van der Waals surface area contributed by atoms with E-state index in [1.807, 2.05) is 4.90 Å². The van der Waals surface area contributed by atoms with Gasteiger partial charge in [-0.15, -0.1) is 0 Å². The summed E-state index contributed by atoms with van der Waals surface area (Å²) in [5.41, 5.74) is 0.655. The molecular formula is C17H21FN4O3. The number of urea groups is 1. The Morgan fingerprint density at radius 1 is 1.08 bits per heavy atom. The molecule has 8 heteroatoms. The third-order valence-electron chi connectivity index (χ3n) is 4.49. The number of benzene rings is 1. The third kappa shape index (κ3) is 4.33. The fourth-order valence-corrected chi connectivity index (χ4v) is 3.07. The van der Waals surface area contributed by atoms with Gasteiger partial charge in [0.2, 0.25) is 11.8 Å². The van der Waals surface area contributed by atoms with E-state index < -0.39 is 0 Å². The van der Waals surface area contributed by atoms with E-state index in [1.165, 1.54) is 17.0 Å². The van der Waals surface area contributed by atoms with Gasteiger partial charge in [-0.1, -0.05) is 12.1 Å². The van der Waals surface area contributed by atoms with Gasteiger partial charge in [-0.05, 0) is 17.7 Å². The van der Waals surface area contributed by atoms with Crippen molar-refractivity contribution < 1.29 is 18.8 Å². The summed E-state index contributed by atoms with van der Waals surface area (Å²) < 4.78 is 13.2. The van der Waals surface area contributed by atoms with Crippen LogP contribution in [-0.4, -0.2) is 78.4 Å². The number of nitrogens with zero attached hydrogens (tertiary/aromatic N) is 3. The lowest BCUT2D eigenvalue weighted by Gasteiger charge is -2.34. The van der Waals surface area contributed by atoms with Crippen molar-refractivity contribution in [3.05, 3.63) is 35.6 Å². The van der Waals surface area contributed by atoms with Crippen molar-refractivity contribution in [1.29, 1.82) is 0 Å². The molecule has 2 aliphatic rings. The summed E-state index contributed by atoms with van der Waals surface area (Å²) in [7, 11) is 0. The highest BCUT2D eigenvalue weighted by atomic mass is 19.1. The quantitative estimate of drug-likeness (QED) is 0.835. The molecule has 2 heterocycles. The van der Waals surface area contributed by atoms with E-state index in [2.05, 4.69) is 5.32 Å². The average Bonchev–Trinajstić information content (AvgIpc) is 3.01. The van der Waals surface area contributed by atoms with Crippen LogP contribution in [0.3, 0.4) is 0 Å². The number of hydrogen-bond acceptors (Lipinski definition) is 4. The molecule has 0 spiro atoms. The van der Waals surface area contributed by atoms with E-state index in [0.717, 1.165) is 0 Å². The summed E-state index contributed by atoms with van der Waals surface area (Å²) in [6.07, 6.45) is 0.171. The SMILES string of the molecule is O=C(Cc1cccc(F)c1)N1CCN(CC(=O)N2CCNC2=O)CC1. The summed E-state index contributed by atoms with van der Waals surface area (Å²) in [6, 6.07) is 5.71. The van der Waals surface area contributed by atoms with Gasteiger partial charge in [0, 0.05) is 39.3 Å². The molecule has 0 unspecified atom stereocenters. The second-order valence-electron chi connectivity index (χ2n) is 6.24. The Labute approximate surface area is 145 Å². The molecule has 1 aromatic carbocycles. The molecule has 134 valence electrons. The summed E-state index contributed by atoms with van der Waals surface area (Å²) >= 11 is 0. The Hall–Kier alpha value is -2.48. The van der Waals surface area contributed by atoms with Crippen molar-refractivity contribution in [2.75, 3.05) is 45.8 Å². The molecule has 0 aliphatic carbocycles. The molecule has 4 amide bonds. The van der Waals surface area contributed by atoms with Crippen molar-refractivity contribution in [1.82, 2.24) is 20.0 Å². The van der Waals surface area contributed by atoms with E-state index in [4.69, 9.17) is 0 Å². The summed E-state index contributed by atoms with van der Waals surface area (Å²) in [6.45, 7) is 3.28. The molecule has 0 aromatic heterocycles. The van der Waals surface area contributed by atoms with Crippen LogP contribution < -0.4 is 5.32 Å². The molecule has 2 aliphatic heterocycles. The zero-order valence-corrected chi connectivity index (χ0v) is 13.9. The maximum absolute atomic E-state index is 13.2. The number of carbonyl (C=O) groups excluding carboxylic acids is 3. The Morgan fingerprint density at radius 2 is 1.84 bits per heavy atom. The van der Waals surface area contributed by atoms with Crippen molar-refractivity contribution >= 4 is 17.8 Å². The molecule has 0 atom stereocenters. The zero-order valence-electron chi connectivity index (χ0n) is 13.9. The summed E-state index contributed by atoms with van der Waals surface area (Å²) in [5.74, 6) is -0.607. The first-order chi connectivity index (χ1) is 12.0. The second kappa shape index (κ2) is 7.60. The first kappa shape index (κ1) is 17.3. The first-order valence-electron chi connectivity index (χ1n) is 8.36. The van der Waals surface area contributed by atoms with E-state index in [1.54, 1.807) is 17.0 Å². The summed E-state index contributed by atoms with van der Waals surface area (Å²) in [5, 5.41) is 2.60. The molecule has 0 bridgehead atoms. The molecule has 1 aromatic rings. The lowest BCUT2D eigenvalue weighted by molar-refractivity contribution is -0.133. The number of rotatable bonds is 4. The van der Waals surface area contributed by atoms with Crippen LogP contribution in [0.4, 0.5) is 9.18 Å². The maximum Gasteiger partial charge on any atom is 0.324 e. The fourth-order valence-electron chi connectivity index (χ4n) is 3.07. The number of imide groups is 1. The Bertz CT molecular complexity index is 674. The fraction of sp³-hybridized carbons (Fsp3) is 0.471. The van der Waals surface area contributed by atoms with Gasteiger partial charge in [0.05, 0.1) is 13.0 Å². The van der Waals surface area contributed by atoms with Crippen molar-refractivity contribution in [2.24, 2.45) is 0 Å². The minimum Gasteiger partial charge on any atom is -0.340 e. The van der Waals surface area contributed by atoms with Crippen LogP contribution in [0.25, 0.3) is 0 Å². The van der Waals surface area contributed by atoms with Crippen molar-refractivity contribution in [2.45, 2.75) is 6.42 Å². The average molecular weight is 348 g/mol. The van der Waals surface area contributed by atoms with Crippen LogP contribution in [0.1, 0.15) is 5.56 Å². The Morgan fingerprint density at radius 3 is 2.48 bits per heavy atom. The van der Waals surface area contributed by atoms with Gasteiger partial charge in [-0.25, -0.2) is 9.18 Å². The first-order valence-corrected chi connectivity index (χ1v) is 8.36. The summed E-state index contributed by atoms with van der Waals surface area (Å²) in [4.78, 5) is 40.8. The highest BCUT2D eigenvalue weighted by molar-refractivity contribution is 5.96. The number of hydrogen-bond donors (Lipinski definition) is 1. The molecule has 0 radical (unpaired) electrons. The van der Waals surface area contributed by atoms with Crippen LogP contribution in [0.15, 0.2) is 24.3 Å². The van der Waals surface area contributed by atoms with Gasteiger partial charge < -0.3 is 10.2 Å². The molecule has 1 N–H and O–H groups in total. The predicted octanol–water partition coefficient (Wildman–Crippen LogP) is 0.0642. The molecule has 2 fully saturated rings. The van der Waals surface area contributed by atoms with E-state index in [9.17, 15) is 18.8 Å². The monoisotopic (exact) mass is 348 g/mol. The number of amides is 4. The van der Waals surface area contributed by atoms with Crippen LogP contribution in [0.5, 0.6) is 0 Å². The number of carbonyl (C=O) groups is 3. The minimum absolute atomic E-state index is 0.0458. The van der Waals surface area contributed by atoms with Gasteiger partial charge in [0.25, 0.3) is 0 Å². The van der Waals surface area contributed by atoms with Gasteiger partial charge in [-0.2, -0.15) is 0 Å². The van der Waals surface area contributed by atoms with Gasteiger partial charge in [-0.3, -0.25) is 19.4 Å². The van der Waals surface area contributed by atoms with Crippen LogP contribution >= 0.6 is 0 Å². The lowest BCUT2D eigenvalue weighted by atomic mass is 10.1. The maximum atomic E-state index is 13.2. The Balaban J connectivity index is 1.46. The molecule has 25 heavy (non-hydrogen) atoms. The predicted molar refractivity (Wildman–Crippen MR) is 88.2 cm³/mol. The van der Waals surface area contributed by atoms with Crippen LogP contribution in [0.2, 0.25) is 0 Å². The minimum atomic E-state index is -0.348. The number of piperazine rings is 1. The third-order valence-corrected chi connectivity index (χ3v) is 4.49. The normalized spacial score (nSPS) is 18.4. The van der Waals surface area contributed by atoms with E-state index in [0.29, 0.717) is 44.8 Å². The molecule has 7 nitrogen and oxygen atoms in total. The van der Waals surface area contributed by atoms with E-state index >= 15 is 0 Å². The highest BCUT2D eigenvalue weighted by Gasteiger charge is 2.29. The van der Waals surface area contributed by atoms with Crippen LogP contribution in [0, 0.1) is 5.82 Å². The van der Waals surface area contributed by atoms with Gasteiger partial charge in [0.15, 0.2) is 0 Å². The van der Waals surface area contributed by atoms with Gasteiger partial charge >= 0.3 is 6.03 Å². The molecule has 0 saturated carbocycles. The largest absolute Gasteiger partial charge is 0.340 e. The molecule has 3 rings (SSSR count). The molecular weight excluding hydrogens is 327 g/mol. The number of nitrogens with one attached hydrogen (secondary N) is 1. The lowest BCUT2D eigenvalue weighted by Crippen LogP contribution is -2.52. The highest BCUT2D eigenvalue weighted by Crippen LogP contribution is 2.09. The molecule has 2 saturated heterocycles. The Kier molecular flexibility index (Phi) is 5.28. The van der Waals surface area contributed by atoms with Crippen molar-refractivity contribution in [3.8, 4) is 0 Å². The second-order valence-corrected chi connectivity index (χ2v) is 6.24. The van der Waals surface area contributed by atoms with Crippen LogP contribution in [-0.2, 0) is 16.0 Å². The van der Waals surface area contributed by atoms with Crippen molar-refractivity contribution in [3.63, 3.8) is 0 Å². The zero-order chi connectivity index (χ0) is 17.8. The van der Waals surface area contributed by atoms with Gasteiger partial charge in [0.1, 0.15) is 5.82 Å². The standard InChI is InChI=1S/C17H21FN4O3/c18-14-3-1-2-13(10-14)11-15(23)21-8-6-20(7-9-21)12-16(24)22-5-4-19-17(22)25/h1-3,10H,4-9,11-12H2,(H,19,25). The smallest absolute Gasteiger partial charge is 0.324 e.